The monoisotopic (exact) mass is 289 g/mol. The van der Waals surface area contributed by atoms with Crippen LogP contribution in [0.1, 0.15) is 36.5 Å². The fourth-order valence-corrected chi connectivity index (χ4v) is 4.08. The highest BCUT2D eigenvalue weighted by Gasteiger charge is 2.41. The number of rotatable bonds is 6. The molecule has 0 radical (unpaired) electrons. The quantitative estimate of drug-likeness (QED) is 0.838. The number of carbonyl (C=O) groups is 1. The number of sulfonamides is 1. The maximum atomic E-state index is 12.0. The number of aromatic carboxylic acids is 1. The summed E-state index contributed by atoms with van der Waals surface area (Å²) in [6.07, 6.45) is 3.06. The third-order valence-corrected chi connectivity index (χ3v) is 6.27. The fraction of sp³-hybridized carbons (Fsp3) is 0.545. The van der Waals surface area contributed by atoms with E-state index in [0.29, 0.717) is 6.54 Å². The third kappa shape index (κ3) is 2.73. The van der Waals surface area contributed by atoms with Gasteiger partial charge in [0.2, 0.25) is 10.0 Å². The molecule has 0 aliphatic heterocycles. The van der Waals surface area contributed by atoms with Crippen LogP contribution in [0.25, 0.3) is 0 Å². The molecule has 2 rings (SSSR count). The molecule has 7 heteroatoms. The van der Waals surface area contributed by atoms with Crippen molar-refractivity contribution in [3.8, 4) is 0 Å². The summed E-state index contributed by atoms with van der Waals surface area (Å²) in [5, 5.41) is 10.1. The lowest BCUT2D eigenvalue weighted by atomic mass is 10.1. The highest BCUT2D eigenvalue weighted by atomic mass is 32.2. The Hall–Kier alpha value is -0.920. The van der Waals surface area contributed by atoms with Crippen LogP contribution in [0.15, 0.2) is 15.7 Å². The van der Waals surface area contributed by atoms with Crippen molar-refractivity contribution in [2.24, 2.45) is 5.41 Å². The SMILES string of the molecule is CCC1(CNS(=O)(=O)c2cc(C(=O)O)cs2)CC1. The van der Waals surface area contributed by atoms with Gasteiger partial charge in [-0.2, -0.15) is 0 Å². The van der Waals surface area contributed by atoms with Crippen molar-refractivity contribution in [1.82, 2.24) is 4.72 Å². The van der Waals surface area contributed by atoms with Crippen LogP contribution in [-0.2, 0) is 10.0 Å². The summed E-state index contributed by atoms with van der Waals surface area (Å²) in [4.78, 5) is 10.7. The largest absolute Gasteiger partial charge is 0.478 e. The molecule has 1 heterocycles. The van der Waals surface area contributed by atoms with Gasteiger partial charge in [-0.15, -0.1) is 11.3 Å². The number of carboxylic acids is 1. The number of carboxylic acid groups (broad SMARTS) is 1. The Balaban J connectivity index is 2.08. The second-order valence-corrected chi connectivity index (χ2v) is 7.54. The second-order valence-electron chi connectivity index (χ2n) is 4.64. The molecule has 1 aliphatic carbocycles. The van der Waals surface area contributed by atoms with E-state index in [1.807, 2.05) is 0 Å². The zero-order chi connectivity index (χ0) is 13.4. The Morgan fingerprint density at radius 1 is 1.56 bits per heavy atom. The van der Waals surface area contributed by atoms with Crippen LogP contribution in [-0.4, -0.2) is 26.0 Å². The molecule has 0 saturated heterocycles. The lowest BCUT2D eigenvalue weighted by Gasteiger charge is -2.12. The van der Waals surface area contributed by atoms with Crippen molar-refractivity contribution in [2.45, 2.75) is 30.4 Å². The van der Waals surface area contributed by atoms with Gasteiger partial charge < -0.3 is 5.11 Å². The first kappa shape index (κ1) is 13.5. The lowest BCUT2D eigenvalue weighted by molar-refractivity contribution is 0.0697. The van der Waals surface area contributed by atoms with Crippen molar-refractivity contribution in [3.05, 3.63) is 17.0 Å². The smallest absolute Gasteiger partial charge is 0.336 e. The van der Waals surface area contributed by atoms with Gasteiger partial charge in [0, 0.05) is 11.9 Å². The van der Waals surface area contributed by atoms with Gasteiger partial charge in [-0.1, -0.05) is 6.92 Å². The molecule has 5 nitrogen and oxygen atoms in total. The number of thiophene rings is 1. The van der Waals surface area contributed by atoms with E-state index in [1.165, 1.54) is 11.4 Å². The Morgan fingerprint density at radius 3 is 2.67 bits per heavy atom. The van der Waals surface area contributed by atoms with Gasteiger partial charge >= 0.3 is 5.97 Å². The first-order chi connectivity index (χ1) is 8.38. The Bertz CT molecular complexity index is 557. The van der Waals surface area contributed by atoms with Crippen molar-refractivity contribution in [3.63, 3.8) is 0 Å². The highest BCUT2D eigenvalue weighted by Crippen LogP contribution is 2.48. The van der Waals surface area contributed by atoms with E-state index < -0.39 is 16.0 Å². The van der Waals surface area contributed by atoms with Gasteiger partial charge in [0.1, 0.15) is 4.21 Å². The van der Waals surface area contributed by atoms with Gasteiger partial charge in [0.25, 0.3) is 0 Å². The molecule has 0 bridgehead atoms. The molecule has 0 unspecified atom stereocenters. The summed E-state index contributed by atoms with van der Waals surface area (Å²) in [6.45, 7) is 2.49. The van der Waals surface area contributed by atoms with Crippen LogP contribution in [0.5, 0.6) is 0 Å². The van der Waals surface area contributed by atoms with Crippen LogP contribution < -0.4 is 4.72 Å². The summed E-state index contributed by atoms with van der Waals surface area (Å²) in [5.74, 6) is -1.11. The van der Waals surface area contributed by atoms with E-state index in [2.05, 4.69) is 11.6 Å². The average Bonchev–Trinajstić information content (AvgIpc) is 2.91. The van der Waals surface area contributed by atoms with E-state index in [4.69, 9.17) is 5.11 Å². The average molecular weight is 289 g/mol. The highest BCUT2D eigenvalue weighted by molar-refractivity contribution is 7.91. The van der Waals surface area contributed by atoms with E-state index >= 15 is 0 Å². The molecule has 0 aromatic carbocycles. The van der Waals surface area contributed by atoms with Crippen LogP contribution in [0.4, 0.5) is 0 Å². The maximum Gasteiger partial charge on any atom is 0.336 e. The standard InChI is InChI=1S/C11H15NO4S2/c1-2-11(3-4-11)7-12-18(15,16)9-5-8(6-17-9)10(13)14/h5-6,12H,2-4,7H2,1H3,(H,13,14). The molecule has 1 saturated carbocycles. The van der Waals surface area contributed by atoms with Gasteiger partial charge in [-0.25, -0.2) is 17.9 Å². The molecule has 1 aromatic heterocycles. The summed E-state index contributed by atoms with van der Waals surface area (Å²) in [7, 11) is -3.57. The minimum Gasteiger partial charge on any atom is -0.478 e. The van der Waals surface area contributed by atoms with Crippen molar-refractivity contribution in [1.29, 1.82) is 0 Å². The summed E-state index contributed by atoms with van der Waals surface area (Å²) in [6, 6.07) is 1.20. The molecule has 0 spiro atoms. The summed E-state index contributed by atoms with van der Waals surface area (Å²) < 4.78 is 26.6. The third-order valence-electron chi connectivity index (χ3n) is 3.43. The topological polar surface area (TPSA) is 83.5 Å². The number of nitrogens with one attached hydrogen (secondary N) is 1. The summed E-state index contributed by atoms with van der Waals surface area (Å²) >= 11 is 0.932. The normalized spacial score (nSPS) is 17.6. The maximum absolute atomic E-state index is 12.0. The molecule has 1 fully saturated rings. The zero-order valence-electron chi connectivity index (χ0n) is 9.97. The molecule has 0 atom stereocenters. The van der Waals surface area contributed by atoms with Crippen molar-refractivity contribution >= 4 is 27.3 Å². The first-order valence-electron chi connectivity index (χ1n) is 5.70. The second kappa shape index (κ2) is 4.64. The molecule has 1 aliphatic rings. The van der Waals surface area contributed by atoms with Crippen molar-refractivity contribution < 1.29 is 18.3 Å². The van der Waals surface area contributed by atoms with E-state index in [0.717, 1.165) is 30.6 Å². The van der Waals surface area contributed by atoms with Gasteiger partial charge in [0.15, 0.2) is 0 Å². The lowest BCUT2D eigenvalue weighted by Crippen LogP contribution is -2.29. The molecular weight excluding hydrogens is 274 g/mol. The van der Waals surface area contributed by atoms with Crippen LogP contribution in [0.2, 0.25) is 0 Å². The molecule has 0 amide bonds. The van der Waals surface area contributed by atoms with Crippen molar-refractivity contribution in [2.75, 3.05) is 6.54 Å². The Morgan fingerprint density at radius 2 is 2.22 bits per heavy atom. The molecule has 1 aromatic rings. The molecular formula is C11H15NO4S2. The van der Waals surface area contributed by atoms with E-state index in [-0.39, 0.29) is 15.2 Å². The predicted molar refractivity (Wildman–Crippen MR) is 68.4 cm³/mol. The van der Waals surface area contributed by atoms with Gasteiger partial charge in [-0.3, -0.25) is 0 Å². The predicted octanol–water partition coefficient (Wildman–Crippen LogP) is 1.91. The summed E-state index contributed by atoms with van der Waals surface area (Å²) in [5.41, 5.74) is 0.136. The minimum absolute atomic E-state index is 0.0111. The van der Waals surface area contributed by atoms with E-state index in [1.54, 1.807) is 0 Å². The molecule has 18 heavy (non-hydrogen) atoms. The Kier molecular flexibility index (Phi) is 3.48. The number of hydrogen-bond acceptors (Lipinski definition) is 4. The minimum atomic E-state index is -3.57. The van der Waals surface area contributed by atoms with E-state index in [9.17, 15) is 13.2 Å². The van der Waals surface area contributed by atoms with Gasteiger partial charge in [0.05, 0.1) is 5.56 Å². The van der Waals surface area contributed by atoms with Crippen LogP contribution in [0, 0.1) is 5.41 Å². The van der Waals surface area contributed by atoms with Crippen LogP contribution >= 0.6 is 11.3 Å². The van der Waals surface area contributed by atoms with Gasteiger partial charge in [-0.05, 0) is 30.7 Å². The zero-order valence-corrected chi connectivity index (χ0v) is 11.6. The fourth-order valence-electron chi connectivity index (χ4n) is 1.72. The first-order valence-corrected chi connectivity index (χ1v) is 8.06. The van der Waals surface area contributed by atoms with Crippen LogP contribution in [0.3, 0.4) is 0 Å². The molecule has 2 N–H and O–H groups in total. The number of hydrogen-bond donors (Lipinski definition) is 2. The Labute approximate surface area is 110 Å². The molecule has 100 valence electrons.